The summed E-state index contributed by atoms with van der Waals surface area (Å²) in [5.74, 6) is 0. The molecule has 0 aromatic heterocycles. The van der Waals surface area contributed by atoms with Gasteiger partial charge in [-0.15, -0.1) is 0 Å². The van der Waals surface area contributed by atoms with Crippen molar-refractivity contribution in [2.45, 2.75) is 6.42 Å². The number of hydrogen-bond donors (Lipinski definition) is 2. The molecule has 2 nitrogen and oxygen atoms in total. The largest absolute Gasteiger partial charge is 0.391 e. The van der Waals surface area contributed by atoms with E-state index in [1.54, 1.807) is 0 Å². The molecule has 60 valence electrons. The van der Waals surface area contributed by atoms with E-state index in [9.17, 15) is 0 Å². The van der Waals surface area contributed by atoms with Crippen LogP contribution in [0.2, 0.25) is 0 Å². The van der Waals surface area contributed by atoms with Crippen LogP contribution in [0.4, 0.5) is 0 Å². The van der Waals surface area contributed by atoms with Gasteiger partial charge in [0.2, 0.25) is 0 Å². The normalized spacial score (nSPS) is 18.2. The Balaban J connectivity index is 0.000000112. The van der Waals surface area contributed by atoms with Crippen molar-refractivity contribution in [1.29, 1.82) is 0 Å². The lowest BCUT2D eigenvalue weighted by molar-refractivity contribution is 0.917. The lowest BCUT2D eigenvalue weighted by Crippen LogP contribution is -2.05. The van der Waals surface area contributed by atoms with Gasteiger partial charge in [-0.2, -0.15) is 0 Å². The van der Waals surface area contributed by atoms with Gasteiger partial charge < -0.3 is 10.6 Å². The van der Waals surface area contributed by atoms with Gasteiger partial charge in [0.1, 0.15) is 0 Å². The van der Waals surface area contributed by atoms with Gasteiger partial charge in [-0.3, -0.25) is 0 Å². The minimum atomic E-state index is 0.983. The molecule has 0 aliphatic carbocycles. The zero-order chi connectivity index (χ0) is 7.78. The summed E-state index contributed by atoms with van der Waals surface area (Å²) in [5, 5.41) is 6.06. The van der Waals surface area contributed by atoms with Crippen LogP contribution in [0.3, 0.4) is 0 Å². The van der Waals surface area contributed by atoms with Crippen LogP contribution in [-0.4, -0.2) is 13.1 Å². The Morgan fingerprint density at radius 1 is 0.909 bits per heavy atom. The van der Waals surface area contributed by atoms with Gasteiger partial charge in [-0.25, -0.2) is 0 Å². The fourth-order valence-electron chi connectivity index (χ4n) is 0.823. The average Bonchev–Trinajstić information content (AvgIpc) is 2.64. The second-order valence-corrected chi connectivity index (χ2v) is 2.34. The van der Waals surface area contributed by atoms with E-state index in [1.807, 2.05) is 24.6 Å². The Bertz CT molecular complexity index is 150. The number of dihydropyridines is 1. The summed E-state index contributed by atoms with van der Waals surface area (Å²) in [6, 6.07) is 0. The molecule has 0 radical (unpaired) electrons. The molecule has 0 saturated heterocycles. The zero-order valence-electron chi connectivity index (χ0n) is 6.59. The summed E-state index contributed by atoms with van der Waals surface area (Å²) in [5.41, 5.74) is 0. The zero-order valence-corrected chi connectivity index (χ0v) is 6.59. The van der Waals surface area contributed by atoms with Crippen LogP contribution >= 0.6 is 0 Å². The van der Waals surface area contributed by atoms with Gasteiger partial charge in [-0.05, 0) is 24.9 Å². The maximum atomic E-state index is 3.04. The minimum absolute atomic E-state index is 0.983. The van der Waals surface area contributed by atoms with E-state index in [0.29, 0.717) is 0 Å². The van der Waals surface area contributed by atoms with Crippen molar-refractivity contribution in [3.05, 3.63) is 36.7 Å². The Morgan fingerprint density at radius 2 is 1.91 bits per heavy atom. The Kier molecular flexibility index (Phi) is 4.03. The molecule has 0 saturated carbocycles. The molecule has 0 atom stereocenters. The molecule has 0 amide bonds. The topological polar surface area (TPSA) is 24.1 Å². The van der Waals surface area contributed by atoms with Crippen LogP contribution in [0, 0.1) is 0 Å². The maximum absolute atomic E-state index is 3.04. The summed E-state index contributed by atoms with van der Waals surface area (Å²) >= 11 is 0. The summed E-state index contributed by atoms with van der Waals surface area (Å²) < 4.78 is 0. The van der Waals surface area contributed by atoms with E-state index in [-0.39, 0.29) is 0 Å². The van der Waals surface area contributed by atoms with Crippen LogP contribution in [0.5, 0.6) is 0 Å². The first-order chi connectivity index (χ1) is 5.50. The Labute approximate surface area is 67.7 Å². The average molecular weight is 150 g/mol. The maximum Gasteiger partial charge on any atom is 0.0328 e. The minimum Gasteiger partial charge on any atom is -0.391 e. The van der Waals surface area contributed by atoms with Gasteiger partial charge in [0.15, 0.2) is 0 Å². The number of rotatable bonds is 0. The third-order valence-corrected chi connectivity index (χ3v) is 1.39. The van der Waals surface area contributed by atoms with Crippen molar-refractivity contribution < 1.29 is 0 Å². The SMILES string of the molecule is C1=CCNC=C1.C1=CNCC1. The summed E-state index contributed by atoms with van der Waals surface area (Å²) in [6.07, 6.45) is 13.3. The Hall–Kier alpha value is -1.18. The molecule has 0 fully saturated rings. The predicted molar refractivity (Wildman–Crippen MR) is 48.0 cm³/mol. The second-order valence-electron chi connectivity index (χ2n) is 2.34. The van der Waals surface area contributed by atoms with Crippen molar-refractivity contribution >= 4 is 0 Å². The third kappa shape index (κ3) is 4.25. The van der Waals surface area contributed by atoms with Crippen molar-refractivity contribution in [2.24, 2.45) is 0 Å². The van der Waals surface area contributed by atoms with E-state index in [0.717, 1.165) is 13.1 Å². The van der Waals surface area contributed by atoms with Gasteiger partial charge in [-0.1, -0.05) is 18.2 Å². The van der Waals surface area contributed by atoms with Crippen LogP contribution in [0.1, 0.15) is 6.42 Å². The second kappa shape index (κ2) is 5.59. The highest BCUT2D eigenvalue weighted by molar-refractivity contribution is 5.06. The Morgan fingerprint density at radius 3 is 2.09 bits per heavy atom. The highest BCUT2D eigenvalue weighted by atomic mass is 14.8. The molecule has 2 heterocycles. The van der Waals surface area contributed by atoms with Gasteiger partial charge in [0.25, 0.3) is 0 Å². The first-order valence-electron chi connectivity index (χ1n) is 3.93. The highest BCUT2D eigenvalue weighted by Crippen LogP contribution is 1.84. The fourth-order valence-corrected chi connectivity index (χ4v) is 0.823. The third-order valence-electron chi connectivity index (χ3n) is 1.39. The molecular weight excluding hydrogens is 136 g/mol. The van der Waals surface area contributed by atoms with Crippen molar-refractivity contribution in [2.75, 3.05) is 13.1 Å². The van der Waals surface area contributed by atoms with Crippen LogP contribution in [0.25, 0.3) is 0 Å². The van der Waals surface area contributed by atoms with Crippen LogP contribution in [0.15, 0.2) is 36.7 Å². The molecule has 0 spiro atoms. The molecule has 0 aromatic rings. The lowest BCUT2D eigenvalue weighted by Gasteiger charge is -1.94. The highest BCUT2D eigenvalue weighted by Gasteiger charge is 1.81. The molecule has 2 aliphatic heterocycles. The molecule has 0 aromatic carbocycles. The van der Waals surface area contributed by atoms with E-state index in [1.165, 1.54) is 6.42 Å². The summed E-state index contributed by atoms with van der Waals surface area (Å²) in [7, 11) is 0. The monoisotopic (exact) mass is 150 g/mol. The molecular formula is C9H14N2. The molecule has 2 rings (SSSR count). The first kappa shape index (κ1) is 7.92. The van der Waals surface area contributed by atoms with E-state index in [4.69, 9.17) is 0 Å². The quantitative estimate of drug-likeness (QED) is 0.541. The number of hydrogen-bond acceptors (Lipinski definition) is 2. The van der Waals surface area contributed by atoms with E-state index < -0.39 is 0 Å². The van der Waals surface area contributed by atoms with E-state index >= 15 is 0 Å². The van der Waals surface area contributed by atoms with Crippen molar-refractivity contribution in [3.8, 4) is 0 Å². The first-order valence-corrected chi connectivity index (χ1v) is 3.93. The number of nitrogens with one attached hydrogen (secondary N) is 2. The van der Waals surface area contributed by atoms with Gasteiger partial charge >= 0.3 is 0 Å². The molecule has 0 unspecified atom stereocenters. The standard InChI is InChI=1S/C5H7N.C4H7N/c1-2-4-6-5-3-1;1-2-4-5-3-1/h1-4,6H,5H2;1,3,5H,2,4H2. The molecule has 2 aliphatic rings. The molecule has 2 N–H and O–H groups in total. The van der Waals surface area contributed by atoms with Gasteiger partial charge in [0, 0.05) is 13.1 Å². The predicted octanol–water partition coefficient (Wildman–Crippen LogP) is 1.15. The number of allylic oxidation sites excluding steroid dienone is 2. The lowest BCUT2D eigenvalue weighted by atomic mass is 10.4. The van der Waals surface area contributed by atoms with Gasteiger partial charge in [0.05, 0.1) is 0 Å². The molecule has 11 heavy (non-hydrogen) atoms. The van der Waals surface area contributed by atoms with Crippen molar-refractivity contribution in [1.82, 2.24) is 10.6 Å². The smallest absolute Gasteiger partial charge is 0.0328 e. The molecule has 0 bridgehead atoms. The van der Waals surface area contributed by atoms with Crippen LogP contribution in [-0.2, 0) is 0 Å². The molecule has 2 heteroatoms. The van der Waals surface area contributed by atoms with Crippen LogP contribution < -0.4 is 10.6 Å². The van der Waals surface area contributed by atoms with E-state index in [2.05, 4.69) is 22.8 Å². The fraction of sp³-hybridized carbons (Fsp3) is 0.333. The summed E-state index contributed by atoms with van der Waals surface area (Å²) in [6.45, 7) is 2.12. The van der Waals surface area contributed by atoms with Crippen molar-refractivity contribution in [3.63, 3.8) is 0 Å². The summed E-state index contributed by atoms with van der Waals surface area (Å²) in [4.78, 5) is 0.